The zero-order chi connectivity index (χ0) is 19.1. The first-order valence-electron chi connectivity index (χ1n) is 8.92. The van der Waals surface area contributed by atoms with Crippen molar-refractivity contribution in [2.45, 2.75) is 18.9 Å². The number of halogens is 1. The van der Waals surface area contributed by atoms with Crippen molar-refractivity contribution in [3.05, 3.63) is 58.9 Å². The number of likely N-dealkylation sites (tertiary alicyclic amines) is 1. The lowest BCUT2D eigenvalue weighted by molar-refractivity contribution is -0.128. The van der Waals surface area contributed by atoms with Crippen LogP contribution in [0.2, 0.25) is 5.02 Å². The van der Waals surface area contributed by atoms with E-state index in [-0.39, 0.29) is 18.6 Å². The zero-order valence-corrected chi connectivity index (χ0v) is 15.6. The number of carbonyl (C=O) groups excluding carboxylic acids is 1. The van der Waals surface area contributed by atoms with Crippen molar-refractivity contribution >= 4 is 17.5 Å². The van der Waals surface area contributed by atoms with Crippen molar-refractivity contribution < 1.29 is 18.8 Å². The van der Waals surface area contributed by atoms with Gasteiger partial charge in [0.1, 0.15) is 0 Å². The SMILES string of the molecule is O=C1CC(c2nc(-c3ccc4c(c3)OCO4)no2)CN1Cc1ccccc1Cl. The van der Waals surface area contributed by atoms with E-state index in [1.165, 1.54) is 0 Å². The molecule has 1 saturated heterocycles. The Bertz CT molecular complexity index is 1050. The predicted molar refractivity (Wildman–Crippen MR) is 100 cm³/mol. The van der Waals surface area contributed by atoms with E-state index >= 15 is 0 Å². The summed E-state index contributed by atoms with van der Waals surface area (Å²) < 4.78 is 16.2. The van der Waals surface area contributed by atoms with E-state index in [1.54, 1.807) is 4.90 Å². The maximum atomic E-state index is 12.4. The number of ether oxygens (including phenoxy) is 2. The molecule has 2 aliphatic heterocycles. The van der Waals surface area contributed by atoms with Gasteiger partial charge in [-0.1, -0.05) is 35.0 Å². The fourth-order valence-corrected chi connectivity index (χ4v) is 3.67. The molecule has 1 unspecified atom stereocenters. The van der Waals surface area contributed by atoms with Crippen LogP contribution in [0.15, 0.2) is 47.0 Å². The van der Waals surface area contributed by atoms with E-state index in [0.717, 1.165) is 11.1 Å². The van der Waals surface area contributed by atoms with Gasteiger partial charge in [-0.3, -0.25) is 4.79 Å². The second-order valence-corrected chi connectivity index (χ2v) is 7.20. The summed E-state index contributed by atoms with van der Waals surface area (Å²) >= 11 is 6.22. The molecule has 2 aromatic carbocycles. The Balaban J connectivity index is 1.32. The van der Waals surface area contributed by atoms with Crippen molar-refractivity contribution in [1.82, 2.24) is 15.0 Å². The van der Waals surface area contributed by atoms with E-state index in [9.17, 15) is 4.79 Å². The molecule has 5 rings (SSSR count). The van der Waals surface area contributed by atoms with Crippen LogP contribution >= 0.6 is 11.6 Å². The van der Waals surface area contributed by atoms with Crippen LogP contribution in [0, 0.1) is 0 Å². The lowest BCUT2D eigenvalue weighted by Gasteiger charge is -2.16. The molecule has 7 nitrogen and oxygen atoms in total. The van der Waals surface area contributed by atoms with Gasteiger partial charge in [0.25, 0.3) is 0 Å². The number of fused-ring (bicyclic) bond motifs is 1. The number of amides is 1. The highest BCUT2D eigenvalue weighted by Gasteiger charge is 2.34. The molecule has 2 aliphatic rings. The molecular formula is C20H16ClN3O4. The topological polar surface area (TPSA) is 77.7 Å². The number of nitrogens with zero attached hydrogens (tertiary/aromatic N) is 3. The Kier molecular flexibility index (Phi) is 4.16. The summed E-state index contributed by atoms with van der Waals surface area (Å²) in [5.74, 6) is 2.20. The molecule has 0 spiro atoms. The maximum Gasteiger partial charge on any atom is 0.232 e. The molecular weight excluding hydrogens is 382 g/mol. The first-order chi connectivity index (χ1) is 13.7. The Morgan fingerprint density at radius 1 is 1.14 bits per heavy atom. The summed E-state index contributed by atoms with van der Waals surface area (Å²) in [5, 5.41) is 4.73. The van der Waals surface area contributed by atoms with Crippen molar-refractivity contribution in [3.63, 3.8) is 0 Å². The fourth-order valence-electron chi connectivity index (χ4n) is 3.48. The summed E-state index contributed by atoms with van der Waals surface area (Å²) in [4.78, 5) is 18.7. The van der Waals surface area contributed by atoms with Crippen LogP contribution in [0.1, 0.15) is 23.8 Å². The molecule has 1 amide bonds. The van der Waals surface area contributed by atoms with Gasteiger partial charge < -0.3 is 18.9 Å². The van der Waals surface area contributed by atoms with E-state index in [0.29, 0.717) is 47.7 Å². The third kappa shape index (κ3) is 3.07. The molecule has 0 aliphatic carbocycles. The van der Waals surface area contributed by atoms with Gasteiger partial charge in [0.15, 0.2) is 11.5 Å². The lowest BCUT2D eigenvalue weighted by Crippen LogP contribution is -2.24. The molecule has 28 heavy (non-hydrogen) atoms. The van der Waals surface area contributed by atoms with E-state index in [1.807, 2.05) is 42.5 Å². The van der Waals surface area contributed by atoms with Gasteiger partial charge in [0, 0.05) is 30.1 Å². The van der Waals surface area contributed by atoms with Crippen LogP contribution in [0.25, 0.3) is 11.4 Å². The molecule has 0 bridgehead atoms. The highest BCUT2D eigenvalue weighted by atomic mass is 35.5. The third-order valence-corrected chi connectivity index (χ3v) is 5.32. The van der Waals surface area contributed by atoms with Crippen molar-refractivity contribution in [3.8, 4) is 22.9 Å². The normalized spacial score (nSPS) is 18.1. The summed E-state index contributed by atoms with van der Waals surface area (Å²) in [6.07, 6.45) is 0.341. The van der Waals surface area contributed by atoms with E-state index in [2.05, 4.69) is 10.1 Å². The third-order valence-electron chi connectivity index (χ3n) is 4.96. The molecule has 3 heterocycles. The van der Waals surface area contributed by atoms with E-state index in [4.69, 9.17) is 25.6 Å². The largest absolute Gasteiger partial charge is 0.454 e. The molecule has 1 fully saturated rings. The number of hydrogen-bond donors (Lipinski definition) is 0. The highest BCUT2D eigenvalue weighted by molar-refractivity contribution is 6.31. The average molecular weight is 398 g/mol. The number of carbonyl (C=O) groups is 1. The number of benzene rings is 2. The molecule has 1 aromatic heterocycles. The van der Waals surface area contributed by atoms with Gasteiger partial charge in [-0.15, -0.1) is 0 Å². The zero-order valence-electron chi connectivity index (χ0n) is 14.8. The Hall–Kier alpha value is -3.06. The van der Waals surface area contributed by atoms with Gasteiger partial charge in [-0.05, 0) is 29.8 Å². The van der Waals surface area contributed by atoms with Crippen LogP contribution in [-0.4, -0.2) is 34.3 Å². The minimum atomic E-state index is -0.134. The van der Waals surface area contributed by atoms with E-state index < -0.39 is 0 Å². The summed E-state index contributed by atoms with van der Waals surface area (Å²) in [6, 6.07) is 13.0. The molecule has 0 N–H and O–H groups in total. The van der Waals surface area contributed by atoms with Crippen molar-refractivity contribution in [2.24, 2.45) is 0 Å². The van der Waals surface area contributed by atoms with Crippen molar-refractivity contribution in [1.29, 1.82) is 0 Å². The molecule has 0 saturated carbocycles. The smallest absolute Gasteiger partial charge is 0.232 e. The monoisotopic (exact) mass is 397 g/mol. The van der Waals surface area contributed by atoms with Gasteiger partial charge in [0.2, 0.25) is 24.4 Å². The second kappa shape index (κ2) is 6.83. The Labute approximate surface area is 165 Å². The van der Waals surface area contributed by atoms with Gasteiger partial charge in [0.05, 0.1) is 5.92 Å². The maximum absolute atomic E-state index is 12.4. The van der Waals surface area contributed by atoms with Crippen LogP contribution in [0.5, 0.6) is 11.5 Å². The van der Waals surface area contributed by atoms with Crippen LogP contribution in [0.3, 0.4) is 0 Å². The van der Waals surface area contributed by atoms with Gasteiger partial charge in [-0.2, -0.15) is 4.98 Å². The molecule has 142 valence electrons. The summed E-state index contributed by atoms with van der Waals surface area (Å²) in [6.45, 7) is 1.20. The standard InChI is InChI=1S/C20H16ClN3O4/c21-15-4-2-1-3-13(15)9-24-10-14(8-18(24)25)20-22-19(23-28-20)12-5-6-16-17(7-12)27-11-26-16/h1-7,14H,8-11H2. The first kappa shape index (κ1) is 17.1. The van der Waals surface area contributed by atoms with Crippen molar-refractivity contribution in [2.75, 3.05) is 13.3 Å². The highest BCUT2D eigenvalue weighted by Crippen LogP contribution is 2.36. The Morgan fingerprint density at radius 3 is 2.89 bits per heavy atom. The quantitative estimate of drug-likeness (QED) is 0.669. The number of rotatable bonds is 4. The number of aromatic nitrogens is 2. The minimum Gasteiger partial charge on any atom is -0.454 e. The fraction of sp³-hybridized carbons (Fsp3) is 0.250. The first-order valence-corrected chi connectivity index (χ1v) is 9.30. The molecule has 1 atom stereocenters. The molecule has 0 radical (unpaired) electrons. The summed E-state index contributed by atoms with van der Waals surface area (Å²) in [5.41, 5.74) is 1.70. The predicted octanol–water partition coefficient (Wildman–Crippen LogP) is 3.63. The minimum absolute atomic E-state index is 0.0488. The van der Waals surface area contributed by atoms with Crippen LogP contribution in [0.4, 0.5) is 0 Å². The van der Waals surface area contributed by atoms with Crippen LogP contribution in [-0.2, 0) is 11.3 Å². The molecule has 8 heteroatoms. The molecule has 3 aromatic rings. The lowest BCUT2D eigenvalue weighted by atomic mass is 10.1. The van der Waals surface area contributed by atoms with Gasteiger partial charge in [-0.25, -0.2) is 0 Å². The summed E-state index contributed by atoms with van der Waals surface area (Å²) in [7, 11) is 0. The number of hydrogen-bond acceptors (Lipinski definition) is 6. The Morgan fingerprint density at radius 2 is 2.00 bits per heavy atom. The average Bonchev–Trinajstić information content (AvgIpc) is 3.43. The van der Waals surface area contributed by atoms with Crippen LogP contribution < -0.4 is 9.47 Å². The van der Waals surface area contributed by atoms with Gasteiger partial charge >= 0.3 is 0 Å². The second-order valence-electron chi connectivity index (χ2n) is 6.79.